The van der Waals surface area contributed by atoms with Gasteiger partial charge in [-0.3, -0.25) is 4.79 Å². The number of carbonyl (C=O) groups excluding carboxylic acids is 1. The van der Waals surface area contributed by atoms with Gasteiger partial charge in [0.1, 0.15) is 0 Å². The van der Waals surface area contributed by atoms with Gasteiger partial charge in [-0.2, -0.15) is 13.2 Å². The van der Waals surface area contributed by atoms with Crippen LogP contribution in [0, 0.1) is 5.92 Å². The summed E-state index contributed by atoms with van der Waals surface area (Å²) in [5, 5.41) is 0.230. The number of ketones is 1. The number of hydrogen-bond donors (Lipinski definition) is 0. The molecule has 5 heteroatoms. The first kappa shape index (κ1) is 13.8. The molecule has 0 aromatic heterocycles. The number of halogens is 4. The van der Waals surface area contributed by atoms with E-state index in [1.54, 1.807) is 0 Å². The second kappa shape index (κ2) is 5.89. The Morgan fingerprint density at radius 1 is 1.19 bits per heavy atom. The lowest BCUT2D eigenvalue weighted by atomic mass is 9.85. The number of alkyl halides is 4. The number of carbonyl (C=O) groups is 1. The highest BCUT2D eigenvalue weighted by molar-refractivity contribution is 6.20. The molecule has 94 valence electrons. The first-order chi connectivity index (χ1) is 7.39. The maximum absolute atomic E-state index is 11.9. The van der Waals surface area contributed by atoms with Crippen molar-refractivity contribution in [1.29, 1.82) is 0 Å². The third kappa shape index (κ3) is 4.73. The molecule has 1 rings (SSSR count). The van der Waals surface area contributed by atoms with Crippen LogP contribution in [0.1, 0.15) is 44.9 Å². The fraction of sp³-hybridized carbons (Fsp3) is 0.909. The summed E-state index contributed by atoms with van der Waals surface area (Å²) in [7, 11) is 0. The highest BCUT2D eigenvalue weighted by Crippen LogP contribution is 2.31. The molecule has 1 saturated carbocycles. The minimum absolute atomic E-state index is 0.230. The molecular formula is C11H16ClF3O. The Balaban J connectivity index is 2.14. The molecule has 0 radical (unpaired) electrons. The average Bonchev–Trinajstić information content (AvgIpc) is 2.19. The van der Waals surface area contributed by atoms with Gasteiger partial charge in [0.05, 0.1) is 0 Å². The molecule has 1 aliphatic carbocycles. The van der Waals surface area contributed by atoms with Crippen molar-refractivity contribution in [2.24, 2.45) is 5.92 Å². The van der Waals surface area contributed by atoms with Crippen LogP contribution in [0.5, 0.6) is 0 Å². The number of Topliss-reactive ketones (excluding diaryl/α,β-unsaturated/α-hetero) is 1. The predicted molar refractivity (Wildman–Crippen MR) is 56.5 cm³/mol. The Morgan fingerprint density at radius 2 is 1.75 bits per heavy atom. The van der Waals surface area contributed by atoms with Crippen molar-refractivity contribution in [2.75, 3.05) is 0 Å². The van der Waals surface area contributed by atoms with E-state index >= 15 is 0 Å². The van der Waals surface area contributed by atoms with Gasteiger partial charge in [0.25, 0.3) is 0 Å². The van der Waals surface area contributed by atoms with Crippen LogP contribution in [0.2, 0.25) is 0 Å². The van der Waals surface area contributed by atoms with E-state index in [9.17, 15) is 18.0 Å². The summed E-state index contributed by atoms with van der Waals surface area (Å²) in [6, 6.07) is 0. The van der Waals surface area contributed by atoms with Gasteiger partial charge in [-0.1, -0.05) is 6.42 Å². The zero-order valence-corrected chi connectivity index (χ0v) is 9.78. The first-order valence-electron chi connectivity index (χ1n) is 5.63. The zero-order chi connectivity index (χ0) is 12.2. The average molecular weight is 257 g/mol. The van der Waals surface area contributed by atoms with Gasteiger partial charge in [-0.25, -0.2) is 0 Å². The van der Waals surface area contributed by atoms with E-state index in [0.717, 1.165) is 25.7 Å². The van der Waals surface area contributed by atoms with Crippen LogP contribution in [-0.4, -0.2) is 17.3 Å². The molecule has 0 saturated heterocycles. The molecular weight excluding hydrogens is 241 g/mol. The summed E-state index contributed by atoms with van der Waals surface area (Å²) in [6.07, 6.45) is -0.124. The highest BCUT2D eigenvalue weighted by atomic mass is 35.5. The van der Waals surface area contributed by atoms with Gasteiger partial charge in [0.15, 0.2) is 0 Å². The summed E-state index contributed by atoms with van der Waals surface area (Å²) in [5.41, 5.74) is 0. The Morgan fingerprint density at radius 3 is 2.25 bits per heavy atom. The molecule has 1 aliphatic rings. The van der Waals surface area contributed by atoms with Crippen molar-refractivity contribution in [3.63, 3.8) is 0 Å². The molecule has 16 heavy (non-hydrogen) atoms. The van der Waals surface area contributed by atoms with Crippen LogP contribution in [0.3, 0.4) is 0 Å². The lowest BCUT2D eigenvalue weighted by Gasteiger charge is -2.24. The Hall–Kier alpha value is -0.250. The molecule has 0 amide bonds. The molecule has 0 heterocycles. The van der Waals surface area contributed by atoms with Gasteiger partial charge >= 0.3 is 6.18 Å². The fourth-order valence-electron chi connectivity index (χ4n) is 2.10. The standard InChI is InChI=1S/C11H16ClF3O/c12-9-6-4-8(5-7-9)2-1-3-10(16)11(13,14)15/h8-9H,1-7H2. The Labute approximate surface area is 98.3 Å². The summed E-state index contributed by atoms with van der Waals surface area (Å²) in [6.45, 7) is 0. The van der Waals surface area contributed by atoms with E-state index in [2.05, 4.69) is 0 Å². The van der Waals surface area contributed by atoms with E-state index in [1.165, 1.54) is 0 Å². The van der Waals surface area contributed by atoms with Gasteiger partial charge in [0, 0.05) is 11.8 Å². The molecule has 0 aromatic rings. The Bertz CT molecular complexity index is 232. The minimum atomic E-state index is -4.66. The molecule has 1 nitrogen and oxygen atoms in total. The quantitative estimate of drug-likeness (QED) is 0.693. The smallest absolute Gasteiger partial charge is 0.290 e. The third-order valence-electron chi connectivity index (χ3n) is 3.11. The maximum Gasteiger partial charge on any atom is 0.449 e. The molecule has 0 bridgehead atoms. The molecule has 0 atom stereocenters. The van der Waals surface area contributed by atoms with Crippen LogP contribution in [0.25, 0.3) is 0 Å². The van der Waals surface area contributed by atoms with E-state index in [0.29, 0.717) is 18.8 Å². The van der Waals surface area contributed by atoms with Gasteiger partial charge in [-0.15, -0.1) is 11.6 Å². The normalized spacial score (nSPS) is 26.8. The first-order valence-corrected chi connectivity index (χ1v) is 6.07. The van der Waals surface area contributed by atoms with Crippen LogP contribution < -0.4 is 0 Å². The molecule has 1 fully saturated rings. The van der Waals surface area contributed by atoms with Crippen molar-refractivity contribution in [2.45, 2.75) is 56.5 Å². The van der Waals surface area contributed by atoms with Crippen molar-refractivity contribution in [3.05, 3.63) is 0 Å². The van der Waals surface area contributed by atoms with Crippen molar-refractivity contribution < 1.29 is 18.0 Å². The second-order valence-corrected chi connectivity index (χ2v) is 5.05. The third-order valence-corrected chi connectivity index (χ3v) is 3.55. The van der Waals surface area contributed by atoms with Crippen molar-refractivity contribution in [3.8, 4) is 0 Å². The number of hydrogen-bond acceptors (Lipinski definition) is 1. The van der Waals surface area contributed by atoms with E-state index in [1.807, 2.05) is 0 Å². The summed E-state index contributed by atoms with van der Waals surface area (Å²) in [4.78, 5) is 10.6. The topological polar surface area (TPSA) is 17.1 Å². The summed E-state index contributed by atoms with van der Waals surface area (Å²) in [5.74, 6) is -1.14. The predicted octanol–water partition coefficient (Wildman–Crippen LogP) is 4.09. The lowest BCUT2D eigenvalue weighted by Crippen LogP contribution is -2.22. The zero-order valence-electron chi connectivity index (χ0n) is 9.02. The van der Waals surface area contributed by atoms with Gasteiger partial charge in [0.2, 0.25) is 5.78 Å². The molecule has 0 N–H and O–H groups in total. The van der Waals surface area contributed by atoms with Crippen LogP contribution in [0.15, 0.2) is 0 Å². The Kier molecular flexibility index (Phi) is 5.09. The monoisotopic (exact) mass is 256 g/mol. The van der Waals surface area contributed by atoms with Crippen LogP contribution >= 0.6 is 11.6 Å². The molecule has 0 aliphatic heterocycles. The van der Waals surface area contributed by atoms with Crippen LogP contribution in [-0.2, 0) is 4.79 Å². The maximum atomic E-state index is 11.9. The van der Waals surface area contributed by atoms with Gasteiger partial charge in [-0.05, 0) is 38.0 Å². The van der Waals surface area contributed by atoms with Crippen molar-refractivity contribution in [1.82, 2.24) is 0 Å². The minimum Gasteiger partial charge on any atom is -0.290 e. The lowest BCUT2D eigenvalue weighted by molar-refractivity contribution is -0.171. The molecule has 0 aromatic carbocycles. The largest absolute Gasteiger partial charge is 0.449 e. The number of rotatable bonds is 4. The van der Waals surface area contributed by atoms with E-state index in [4.69, 9.17) is 11.6 Å². The summed E-state index contributed by atoms with van der Waals surface area (Å²) >= 11 is 5.92. The second-order valence-electron chi connectivity index (χ2n) is 4.43. The highest BCUT2D eigenvalue weighted by Gasteiger charge is 2.37. The van der Waals surface area contributed by atoms with Crippen LogP contribution in [0.4, 0.5) is 13.2 Å². The SMILES string of the molecule is O=C(CCCC1CCC(Cl)CC1)C(F)(F)F. The van der Waals surface area contributed by atoms with Crippen molar-refractivity contribution >= 4 is 17.4 Å². The van der Waals surface area contributed by atoms with Gasteiger partial charge < -0.3 is 0 Å². The fourth-order valence-corrected chi connectivity index (χ4v) is 2.36. The molecule has 0 spiro atoms. The summed E-state index contributed by atoms with van der Waals surface area (Å²) < 4.78 is 35.7. The van der Waals surface area contributed by atoms with E-state index < -0.39 is 12.0 Å². The van der Waals surface area contributed by atoms with E-state index in [-0.39, 0.29) is 11.8 Å². The molecule has 0 unspecified atom stereocenters.